The van der Waals surface area contributed by atoms with Crippen LogP contribution in [0.5, 0.6) is 17.2 Å². The van der Waals surface area contributed by atoms with Crippen molar-refractivity contribution in [2.45, 2.75) is 13.3 Å². The van der Waals surface area contributed by atoms with E-state index >= 15 is 0 Å². The summed E-state index contributed by atoms with van der Waals surface area (Å²) < 4.78 is 16.5. The van der Waals surface area contributed by atoms with Gasteiger partial charge in [0.1, 0.15) is 35.5 Å². The van der Waals surface area contributed by atoms with Crippen LogP contribution in [0.25, 0.3) is 6.08 Å². The van der Waals surface area contributed by atoms with E-state index in [1.807, 2.05) is 55.5 Å². The highest BCUT2D eigenvalue weighted by molar-refractivity contribution is 8.26. The summed E-state index contributed by atoms with van der Waals surface area (Å²) in [5.74, 6) is 1.81. The summed E-state index contributed by atoms with van der Waals surface area (Å²) in [5, 5.41) is 15.4. The lowest BCUT2D eigenvalue weighted by atomic mass is 10.1. The number of fused-ring (bicyclic) bond motifs is 1. The Balaban J connectivity index is 1.33. The number of hydrazone groups is 1. The van der Waals surface area contributed by atoms with E-state index in [2.05, 4.69) is 10.1 Å². The number of carbonyl (C=O) groups excluding carboxylic acids is 1. The fraction of sp³-hybridized carbons (Fsp3) is 0.217. The fourth-order valence-electron chi connectivity index (χ4n) is 2.99. The summed E-state index contributed by atoms with van der Waals surface area (Å²) in [6.07, 6.45) is 2.37. The van der Waals surface area contributed by atoms with Crippen molar-refractivity contribution >= 4 is 39.8 Å². The Hall–Kier alpha value is -3.59. The maximum absolute atomic E-state index is 12.4. The Morgan fingerprint density at radius 3 is 2.19 bits per heavy atom. The van der Waals surface area contributed by atoms with Crippen molar-refractivity contribution in [1.29, 1.82) is 5.41 Å². The predicted molar refractivity (Wildman–Crippen MR) is 126 cm³/mol. The quantitative estimate of drug-likeness (QED) is 0.479. The Labute approximate surface area is 190 Å². The maximum Gasteiger partial charge on any atom is 0.283 e. The number of ether oxygens (including phenoxy) is 3. The molecule has 0 spiro atoms. The van der Waals surface area contributed by atoms with E-state index in [1.165, 1.54) is 16.8 Å². The molecule has 9 heteroatoms. The Kier molecular flexibility index (Phi) is 6.55. The Morgan fingerprint density at radius 2 is 1.59 bits per heavy atom. The first kappa shape index (κ1) is 21.6. The van der Waals surface area contributed by atoms with Crippen LogP contribution in [0, 0.1) is 5.41 Å². The number of aliphatic imine (C=N–C) groups is 1. The lowest BCUT2D eigenvalue weighted by molar-refractivity contribution is -0.114. The number of benzene rings is 2. The number of methoxy groups -OCH3 is 1. The zero-order valence-electron chi connectivity index (χ0n) is 17.7. The van der Waals surface area contributed by atoms with Crippen LogP contribution < -0.4 is 14.2 Å². The molecule has 2 aromatic rings. The minimum Gasteiger partial charge on any atom is -0.497 e. The molecule has 0 atom stereocenters. The number of hydrogen-bond acceptors (Lipinski definition) is 7. The molecule has 0 radical (unpaired) electrons. The molecular formula is C23H22N4O4S. The summed E-state index contributed by atoms with van der Waals surface area (Å²) in [7, 11) is 1.62. The molecule has 2 aromatic carbocycles. The molecule has 2 heterocycles. The van der Waals surface area contributed by atoms with Gasteiger partial charge in [0, 0.05) is 0 Å². The number of amides is 1. The Morgan fingerprint density at radius 1 is 1.00 bits per heavy atom. The second kappa shape index (κ2) is 9.69. The lowest BCUT2D eigenvalue weighted by Gasteiger charge is -2.20. The van der Waals surface area contributed by atoms with Gasteiger partial charge in [-0.15, -0.1) is 0 Å². The molecule has 1 amide bonds. The van der Waals surface area contributed by atoms with E-state index in [4.69, 9.17) is 19.6 Å². The fourth-order valence-corrected chi connectivity index (χ4v) is 3.82. The SMILES string of the molecule is CCC1=NN2C(=N)C(=Cc3ccc(OCCOc4ccc(OC)cc4)cc3)C(=O)N=C2S1. The van der Waals surface area contributed by atoms with Crippen molar-refractivity contribution in [1.82, 2.24) is 5.01 Å². The van der Waals surface area contributed by atoms with Crippen molar-refractivity contribution in [3.8, 4) is 17.2 Å². The second-order valence-electron chi connectivity index (χ2n) is 6.81. The zero-order valence-corrected chi connectivity index (χ0v) is 18.5. The maximum atomic E-state index is 12.4. The normalized spacial score (nSPS) is 16.6. The first-order chi connectivity index (χ1) is 15.6. The molecule has 4 rings (SSSR count). The smallest absolute Gasteiger partial charge is 0.283 e. The number of rotatable bonds is 8. The zero-order chi connectivity index (χ0) is 22.5. The molecule has 2 aliphatic rings. The first-order valence-electron chi connectivity index (χ1n) is 10.1. The predicted octanol–water partition coefficient (Wildman–Crippen LogP) is 4.18. The van der Waals surface area contributed by atoms with Gasteiger partial charge in [0.2, 0.25) is 5.17 Å². The van der Waals surface area contributed by atoms with Gasteiger partial charge in [-0.3, -0.25) is 10.2 Å². The minimum atomic E-state index is -0.433. The third kappa shape index (κ3) is 4.83. The molecule has 0 fully saturated rings. The Bertz CT molecular complexity index is 1110. The molecule has 0 saturated heterocycles. The summed E-state index contributed by atoms with van der Waals surface area (Å²) in [4.78, 5) is 16.5. The number of thioether (sulfide) groups is 1. The van der Waals surface area contributed by atoms with E-state index in [0.717, 1.165) is 28.5 Å². The van der Waals surface area contributed by atoms with E-state index in [9.17, 15) is 4.79 Å². The summed E-state index contributed by atoms with van der Waals surface area (Å²) in [6, 6.07) is 14.6. The van der Waals surface area contributed by atoms with Crippen LogP contribution >= 0.6 is 11.8 Å². The van der Waals surface area contributed by atoms with E-state index < -0.39 is 5.91 Å². The van der Waals surface area contributed by atoms with Gasteiger partial charge in [-0.2, -0.15) is 15.1 Å². The van der Waals surface area contributed by atoms with Crippen LogP contribution in [0.1, 0.15) is 18.9 Å². The van der Waals surface area contributed by atoms with Crippen molar-refractivity contribution in [3.63, 3.8) is 0 Å². The molecule has 0 bridgehead atoms. The number of hydrogen-bond donors (Lipinski definition) is 1. The van der Waals surface area contributed by atoms with Gasteiger partial charge in [0.05, 0.1) is 12.7 Å². The lowest BCUT2D eigenvalue weighted by Crippen LogP contribution is -2.35. The van der Waals surface area contributed by atoms with Crippen LogP contribution in [0.4, 0.5) is 0 Å². The average molecular weight is 451 g/mol. The molecule has 164 valence electrons. The summed E-state index contributed by atoms with van der Waals surface area (Å²) >= 11 is 1.33. The van der Waals surface area contributed by atoms with Gasteiger partial charge in [0.25, 0.3) is 5.91 Å². The standard InChI is InChI=1S/C23H22N4O4S/c1-3-20-26-27-21(24)19(22(28)25-23(27)32-20)14-15-4-6-17(7-5-15)30-12-13-31-18-10-8-16(29-2)9-11-18/h4-11,14,24H,3,12-13H2,1-2H3. The highest BCUT2D eigenvalue weighted by Gasteiger charge is 2.34. The van der Waals surface area contributed by atoms with Gasteiger partial charge in [-0.25, -0.2) is 0 Å². The summed E-state index contributed by atoms with van der Waals surface area (Å²) in [5.41, 5.74) is 0.974. The number of nitrogens with one attached hydrogen (secondary N) is 1. The van der Waals surface area contributed by atoms with Gasteiger partial charge in [-0.05, 0) is 66.2 Å². The van der Waals surface area contributed by atoms with E-state index in [1.54, 1.807) is 13.2 Å². The molecule has 0 saturated carbocycles. The van der Waals surface area contributed by atoms with Crippen LogP contribution in [0.2, 0.25) is 0 Å². The topological polar surface area (TPSA) is 96.6 Å². The van der Waals surface area contributed by atoms with Crippen LogP contribution in [0.15, 0.2) is 64.2 Å². The third-order valence-electron chi connectivity index (χ3n) is 4.67. The van der Waals surface area contributed by atoms with E-state index in [0.29, 0.717) is 24.1 Å². The number of nitrogens with zero attached hydrogens (tertiary/aromatic N) is 3. The second-order valence-corrected chi connectivity index (χ2v) is 7.85. The third-order valence-corrected chi connectivity index (χ3v) is 5.72. The molecule has 2 aliphatic heterocycles. The van der Waals surface area contributed by atoms with Gasteiger partial charge >= 0.3 is 0 Å². The number of amidine groups is 2. The number of carbonyl (C=O) groups is 1. The van der Waals surface area contributed by atoms with Crippen LogP contribution in [-0.2, 0) is 4.79 Å². The van der Waals surface area contributed by atoms with Gasteiger partial charge < -0.3 is 14.2 Å². The molecule has 8 nitrogen and oxygen atoms in total. The molecule has 0 aliphatic carbocycles. The van der Waals surface area contributed by atoms with Crippen molar-refractivity contribution in [3.05, 3.63) is 59.7 Å². The van der Waals surface area contributed by atoms with Gasteiger partial charge in [-0.1, -0.05) is 19.1 Å². The summed E-state index contributed by atoms with van der Waals surface area (Å²) in [6.45, 7) is 2.76. The van der Waals surface area contributed by atoms with Crippen molar-refractivity contribution < 1.29 is 19.0 Å². The molecule has 1 N–H and O–H groups in total. The first-order valence-corrected chi connectivity index (χ1v) is 10.9. The molecule has 0 aromatic heterocycles. The highest BCUT2D eigenvalue weighted by Crippen LogP contribution is 2.29. The van der Waals surface area contributed by atoms with Crippen LogP contribution in [0.3, 0.4) is 0 Å². The minimum absolute atomic E-state index is 0.0342. The molecular weight excluding hydrogens is 428 g/mol. The van der Waals surface area contributed by atoms with Crippen LogP contribution in [-0.4, -0.2) is 47.3 Å². The van der Waals surface area contributed by atoms with Gasteiger partial charge in [0.15, 0.2) is 5.84 Å². The van der Waals surface area contributed by atoms with Crippen molar-refractivity contribution in [2.24, 2.45) is 10.1 Å². The highest BCUT2D eigenvalue weighted by atomic mass is 32.2. The van der Waals surface area contributed by atoms with E-state index in [-0.39, 0.29) is 11.4 Å². The average Bonchev–Trinajstić information content (AvgIpc) is 3.24. The molecule has 0 unspecified atom stereocenters. The largest absolute Gasteiger partial charge is 0.497 e. The van der Waals surface area contributed by atoms with Crippen molar-refractivity contribution in [2.75, 3.05) is 20.3 Å². The molecule has 32 heavy (non-hydrogen) atoms. The monoisotopic (exact) mass is 450 g/mol.